The summed E-state index contributed by atoms with van der Waals surface area (Å²) in [4.78, 5) is 12.7. The van der Waals surface area contributed by atoms with E-state index in [4.69, 9.17) is 0 Å². The van der Waals surface area contributed by atoms with Crippen LogP contribution in [0.3, 0.4) is 0 Å². The molecule has 1 aromatic carbocycles. The minimum Gasteiger partial charge on any atom is -0.465 e. The molecule has 1 aliphatic carbocycles. The molecule has 1 unspecified atom stereocenters. The van der Waals surface area contributed by atoms with E-state index in [2.05, 4.69) is 6.58 Å². The summed E-state index contributed by atoms with van der Waals surface area (Å²) < 4.78 is 0. The lowest BCUT2D eigenvalue weighted by molar-refractivity contribution is 0.201. The Morgan fingerprint density at radius 3 is 2.53 bits per heavy atom. The van der Waals surface area contributed by atoms with Gasteiger partial charge in [0.1, 0.15) is 0 Å². The van der Waals surface area contributed by atoms with E-state index in [1.165, 1.54) is 4.90 Å². The quantitative estimate of drug-likeness (QED) is 0.842. The van der Waals surface area contributed by atoms with E-state index in [0.29, 0.717) is 5.69 Å². The molecule has 1 aliphatic rings. The van der Waals surface area contributed by atoms with Crippen molar-refractivity contribution in [2.45, 2.75) is 6.04 Å². The van der Waals surface area contributed by atoms with Gasteiger partial charge in [-0.1, -0.05) is 49.1 Å². The Labute approximate surface area is 100.0 Å². The Morgan fingerprint density at radius 2 is 1.94 bits per heavy atom. The minimum absolute atomic E-state index is 0.333. The molecule has 0 spiro atoms. The van der Waals surface area contributed by atoms with E-state index in [0.717, 1.165) is 5.57 Å². The predicted molar refractivity (Wildman–Crippen MR) is 68.2 cm³/mol. The fourth-order valence-electron chi connectivity index (χ4n) is 1.80. The van der Waals surface area contributed by atoms with Crippen molar-refractivity contribution in [1.82, 2.24) is 0 Å². The van der Waals surface area contributed by atoms with E-state index in [9.17, 15) is 9.90 Å². The average molecular weight is 227 g/mol. The molecule has 0 aromatic heterocycles. The monoisotopic (exact) mass is 227 g/mol. The molecule has 0 fully saturated rings. The molecule has 0 aliphatic heterocycles. The molecule has 0 radical (unpaired) electrons. The van der Waals surface area contributed by atoms with Gasteiger partial charge in [0, 0.05) is 5.69 Å². The van der Waals surface area contributed by atoms with Crippen LogP contribution < -0.4 is 4.90 Å². The molecule has 3 nitrogen and oxygen atoms in total. The van der Waals surface area contributed by atoms with Crippen LogP contribution in [-0.2, 0) is 0 Å². The van der Waals surface area contributed by atoms with Crippen LogP contribution in [0.15, 0.2) is 66.8 Å². The van der Waals surface area contributed by atoms with Gasteiger partial charge in [-0.3, -0.25) is 4.90 Å². The number of hydrogen-bond acceptors (Lipinski definition) is 1. The van der Waals surface area contributed by atoms with Crippen LogP contribution in [0.1, 0.15) is 0 Å². The number of nitrogens with zero attached hydrogens (tertiary/aromatic N) is 1. The molecule has 0 saturated heterocycles. The van der Waals surface area contributed by atoms with Crippen LogP contribution in [-0.4, -0.2) is 17.2 Å². The second-order valence-electron chi connectivity index (χ2n) is 3.75. The fraction of sp³-hybridized carbons (Fsp3) is 0.0714. The molecule has 17 heavy (non-hydrogen) atoms. The van der Waals surface area contributed by atoms with E-state index >= 15 is 0 Å². The third-order valence-electron chi connectivity index (χ3n) is 2.61. The van der Waals surface area contributed by atoms with Crippen molar-refractivity contribution in [3.05, 3.63) is 66.8 Å². The zero-order valence-electron chi connectivity index (χ0n) is 9.28. The molecule has 1 aromatic rings. The van der Waals surface area contributed by atoms with Gasteiger partial charge in [-0.05, 0) is 17.7 Å². The number of carboxylic acid groups (broad SMARTS) is 1. The lowest BCUT2D eigenvalue weighted by Gasteiger charge is -2.28. The number of hydrogen-bond donors (Lipinski definition) is 1. The molecular formula is C14H13NO2. The lowest BCUT2D eigenvalue weighted by atomic mass is 10.0. The highest BCUT2D eigenvalue weighted by atomic mass is 16.4. The number of para-hydroxylation sites is 1. The maximum atomic E-state index is 11.4. The van der Waals surface area contributed by atoms with Crippen molar-refractivity contribution >= 4 is 11.8 Å². The van der Waals surface area contributed by atoms with Gasteiger partial charge in [-0.25, -0.2) is 4.79 Å². The molecule has 86 valence electrons. The fourth-order valence-corrected chi connectivity index (χ4v) is 1.80. The summed E-state index contributed by atoms with van der Waals surface area (Å²) in [5.41, 5.74) is 1.41. The minimum atomic E-state index is -0.984. The van der Waals surface area contributed by atoms with Crippen molar-refractivity contribution in [3.63, 3.8) is 0 Å². The standard InChI is InChI=1S/C14H13NO2/c1-11-7-5-6-10-13(11)15(14(16)17)12-8-3-2-4-9-12/h2-10,13H,1H2,(H,16,17). The van der Waals surface area contributed by atoms with Crippen LogP contribution in [0.25, 0.3) is 0 Å². The summed E-state index contributed by atoms with van der Waals surface area (Å²) in [5, 5.41) is 9.32. The summed E-state index contributed by atoms with van der Waals surface area (Å²) in [5.74, 6) is 0. The first-order valence-corrected chi connectivity index (χ1v) is 5.31. The number of anilines is 1. The second-order valence-corrected chi connectivity index (χ2v) is 3.75. The Hall–Kier alpha value is -2.29. The van der Waals surface area contributed by atoms with Crippen molar-refractivity contribution in [2.24, 2.45) is 0 Å². The van der Waals surface area contributed by atoms with E-state index in [1.807, 2.05) is 42.5 Å². The molecule has 2 rings (SSSR count). The zero-order chi connectivity index (χ0) is 12.3. The number of benzene rings is 1. The number of rotatable bonds is 2. The summed E-state index contributed by atoms with van der Waals surface area (Å²) in [7, 11) is 0. The second kappa shape index (κ2) is 4.70. The Kier molecular flexibility index (Phi) is 3.10. The molecular weight excluding hydrogens is 214 g/mol. The van der Waals surface area contributed by atoms with Crippen LogP contribution in [0.2, 0.25) is 0 Å². The molecule has 0 saturated carbocycles. The predicted octanol–water partition coefficient (Wildman–Crippen LogP) is 3.22. The Morgan fingerprint density at radius 1 is 1.24 bits per heavy atom. The summed E-state index contributed by atoms with van der Waals surface area (Å²) in [6, 6.07) is 8.70. The van der Waals surface area contributed by atoms with Crippen LogP contribution >= 0.6 is 0 Å². The molecule has 0 heterocycles. The highest BCUT2D eigenvalue weighted by Gasteiger charge is 2.24. The van der Waals surface area contributed by atoms with Crippen LogP contribution in [0, 0.1) is 0 Å². The van der Waals surface area contributed by atoms with Gasteiger partial charge in [0.2, 0.25) is 0 Å². The molecule has 0 bridgehead atoms. The van der Waals surface area contributed by atoms with E-state index in [-0.39, 0.29) is 6.04 Å². The number of allylic oxidation sites excluding steroid dienone is 2. The SMILES string of the molecule is C=C1C=CC=CC1N(C(=O)O)c1ccccc1. The summed E-state index contributed by atoms with van der Waals surface area (Å²) in [6.45, 7) is 3.88. The third kappa shape index (κ3) is 2.28. The first kappa shape index (κ1) is 11.2. The average Bonchev–Trinajstić information content (AvgIpc) is 2.33. The highest BCUT2D eigenvalue weighted by Crippen LogP contribution is 2.23. The first-order chi connectivity index (χ1) is 8.20. The zero-order valence-corrected chi connectivity index (χ0v) is 9.28. The molecule has 1 amide bonds. The van der Waals surface area contributed by atoms with Gasteiger partial charge >= 0.3 is 6.09 Å². The number of amides is 1. The van der Waals surface area contributed by atoms with Crippen molar-refractivity contribution in [1.29, 1.82) is 0 Å². The maximum Gasteiger partial charge on any atom is 0.412 e. The third-order valence-corrected chi connectivity index (χ3v) is 2.61. The normalized spacial score (nSPS) is 18.1. The van der Waals surface area contributed by atoms with E-state index in [1.54, 1.807) is 12.1 Å². The Balaban J connectivity index is 2.37. The van der Waals surface area contributed by atoms with Crippen LogP contribution in [0.5, 0.6) is 0 Å². The topological polar surface area (TPSA) is 40.5 Å². The van der Waals surface area contributed by atoms with Gasteiger partial charge in [0.15, 0.2) is 0 Å². The van der Waals surface area contributed by atoms with Gasteiger partial charge in [-0.15, -0.1) is 0 Å². The van der Waals surface area contributed by atoms with Gasteiger partial charge < -0.3 is 5.11 Å². The van der Waals surface area contributed by atoms with Crippen molar-refractivity contribution in [2.75, 3.05) is 4.90 Å². The highest BCUT2D eigenvalue weighted by molar-refractivity contribution is 5.88. The summed E-state index contributed by atoms with van der Waals surface area (Å²) in [6.07, 6.45) is 6.34. The molecule has 1 atom stereocenters. The number of carbonyl (C=O) groups is 1. The summed E-state index contributed by atoms with van der Waals surface area (Å²) >= 11 is 0. The van der Waals surface area contributed by atoms with E-state index < -0.39 is 6.09 Å². The first-order valence-electron chi connectivity index (χ1n) is 5.31. The van der Waals surface area contributed by atoms with Gasteiger partial charge in [0.05, 0.1) is 6.04 Å². The van der Waals surface area contributed by atoms with Crippen molar-refractivity contribution < 1.29 is 9.90 Å². The lowest BCUT2D eigenvalue weighted by Crippen LogP contribution is -2.39. The van der Waals surface area contributed by atoms with Gasteiger partial charge in [0.25, 0.3) is 0 Å². The Bertz CT molecular complexity index is 488. The maximum absolute atomic E-state index is 11.4. The smallest absolute Gasteiger partial charge is 0.412 e. The molecule has 1 N–H and O–H groups in total. The molecule has 3 heteroatoms. The van der Waals surface area contributed by atoms with Crippen LogP contribution in [0.4, 0.5) is 10.5 Å². The van der Waals surface area contributed by atoms with Gasteiger partial charge in [-0.2, -0.15) is 0 Å². The van der Waals surface area contributed by atoms with Crippen molar-refractivity contribution in [3.8, 4) is 0 Å². The largest absolute Gasteiger partial charge is 0.465 e.